The van der Waals surface area contributed by atoms with Gasteiger partial charge in [-0.15, -0.1) is 10.2 Å². The molecule has 2 N–H and O–H groups in total. The number of phenolic OH excluding ortho intramolecular Hbond substituents is 2. The van der Waals surface area contributed by atoms with Gasteiger partial charge >= 0.3 is 0 Å². The number of phenols is 2. The molecule has 0 aliphatic carbocycles. The molecule has 16 nitrogen and oxygen atoms in total. The summed E-state index contributed by atoms with van der Waals surface area (Å²) in [6.45, 7) is 0. The summed E-state index contributed by atoms with van der Waals surface area (Å²) in [7, 11) is 0. The minimum atomic E-state index is -0.504. The molecule has 17 heteroatoms. The maximum atomic E-state index is 11.1. The van der Waals surface area contributed by atoms with Crippen molar-refractivity contribution in [1.82, 2.24) is 9.97 Å². The van der Waals surface area contributed by atoms with Crippen molar-refractivity contribution in [3.8, 4) is 11.5 Å². The van der Waals surface area contributed by atoms with Crippen LogP contribution in [0.3, 0.4) is 0 Å². The maximum Gasteiger partial charge on any atom is 0.269 e. The summed E-state index contributed by atoms with van der Waals surface area (Å²) >= 11 is 0. The molecule has 2 heterocycles. The van der Waals surface area contributed by atoms with Gasteiger partial charge in [-0.2, -0.15) is 10.2 Å². The largest absolute Gasteiger partial charge is 0.505 e. The van der Waals surface area contributed by atoms with Crippen LogP contribution in [-0.2, 0) is 17.1 Å². The molecule has 6 aromatic rings. The quantitative estimate of drug-likeness (QED) is 0.0506. The average molecular weight is 708 g/mol. The van der Waals surface area contributed by atoms with E-state index in [1.54, 1.807) is 24.3 Å². The molecule has 247 valence electrons. The van der Waals surface area contributed by atoms with E-state index in [1.807, 2.05) is 0 Å². The molecule has 0 fully saturated rings. The summed E-state index contributed by atoms with van der Waals surface area (Å²) in [4.78, 5) is 50.5. The molecule has 49 heavy (non-hydrogen) atoms. The number of nitro benzene ring substituents is 2. The molecular formula is C32H20CuN8O8. The third kappa shape index (κ3) is 7.94. The first-order chi connectivity index (χ1) is 23.2. The Morgan fingerprint density at radius 2 is 0.959 bits per heavy atom. The van der Waals surface area contributed by atoms with E-state index in [0.717, 1.165) is 0 Å². The number of hydrogen-bond acceptors (Lipinski definition) is 14. The molecule has 0 unspecified atom stereocenters. The number of aldehydes is 2. The van der Waals surface area contributed by atoms with Crippen LogP contribution < -0.4 is 0 Å². The van der Waals surface area contributed by atoms with Crippen molar-refractivity contribution >= 4 is 68.5 Å². The number of fused-ring (bicyclic) bond motifs is 2. The van der Waals surface area contributed by atoms with Gasteiger partial charge in [-0.1, -0.05) is 0 Å². The van der Waals surface area contributed by atoms with E-state index in [2.05, 4.69) is 30.4 Å². The Bertz CT molecular complexity index is 2100. The van der Waals surface area contributed by atoms with E-state index in [0.29, 0.717) is 46.1 Å². The Balaban J connectivity index is 0.000000216. The van der Waals surface area contributed by atoms with Crippen LogP contribution in [0.15, 0.2) is 118 Å². The fraction of sp³-hybridized carbons (Fsp3) is 0. The first-order valence-electron chi connectivity index (χ1n) is 13.6. The van der Waals surface area contributed by atoms with Crippen molar-refractivity contribution in [3.63, 3.8) is 0 Å². The smallest absolute Gasteiger partial charge is 0.269 e. The number of benzene rings is 4. The Morgan fingerprint density at radius 3 is 1.29 bits per heavy atom. The Hall–Kier alpha value is -6.84. The summed E-state index contributed by atoms with van der Waals surface area (Å²) in [5.41, 5.74) is 2.06. The monoisotopic (exact) mass is 707 g/mol. The van der Waals surface area contributed by atoms with Gasteiger partial charge in [0.1, 0.15) is 11.0 Å². The zero-order valence-electron chi connectivity index (χ0n) is 24.6. The number of hydrogen-bond donors (Lipinski definition) is 2. The number of aromatic nitrogens is 2. The predicted octanol–water partition coefficient (Wildman–Crippen LogP) is 8.15. The molecular weight excluding hydrogens is 688 g/mol. The van der Waals surface area contributed by atoms with Crippen LogP contribution in [0.2, 0.25) is 0 Å². The molecule has 0 aliphatic rings. The predicted molar refractivity (Wildman–Crippen MR) is 172 cm³/mol. The van der Waals surface area contributed by atoms with E-state index in [4.69, 9.17) is 0 Å². The normalized spacial score (nSPS) is 10.8. The first kappa shape index (κ1) is 35.0. The number of carbonyl (C=O) groups is 2. The van der Waals surface area contributed by atoms with Gasteiger partial charge in [-0.05, 0) is 60.7 Å². The fourth-order valence-electron chi connectivity index (χ4n) is 4.31. The van der Waals surface area contributed by atoms with Crippen LogP contribution in [0, 0.1) is 20.2 Å². The Labute approximate surface area is 285 Å². The number of azo groups is 2. The van der Waals surface area contributed by atoms with Crippen LogP contribution in [0.1, 0.15) is 20.7 Å². The number of nitro groups is 2. The second kappa shape index (κ2) is 15.6. The van der Waals surface area contributed by atoms with Crippen LogP contribution in [0.25, 0.3) is 21.8 Å². The third-order valence-corrected chi connectivity index (χ3v) is 6.67. The number of rotatable bonds is 8. The summed E-state index contributed by atoms with van der Waals surface area (Å²) < 4.78 is 0. The summed E-state index contributed by atoms with van der Waals surface area (Å²) in [5, 5.41) is 58.5. The standard InChI is InChI=1S/2C16H10N4O4.Cu/c2*21-9-10-8-14(13-2-1-7-17-15(13)16(10)22)19-18-11-3-5-12(6-4-11)20(23)24;/h2*1-9,22H;. The number of carbonyl (C=O) groups excluding carboxylic acids is 2. The number of pyridine rings is 2. The second-order valence-electron chi connectivity index (χ2n) is 9.65. The van der Waals surface area contributed by atoms with Crippen molar-refractivity contribution < 1.29 is 46.7 Å². The Kier molecular flexibility index (Phi) is 11.2. The third-order valence-electron chi connectivity index (χ3n) is 6.67. The van der Waals surface area contributed by atoms with Crippen molar-refractivity contribution in [2.24, 2.45) is 20.5 Å². The molecule has 0 atom stereocenters. The van der Waals surface area contributed by atoms with Crippen molar-refractivity contribution in [2.75, 3.05) is 0 Å². The summed E-state index contributed by atoms with van der Waals surface area (Å²) in [6.07, 6.45) is 4.00. The second-order valence-corrected chi connectivity index (χ2v) is 9.65. The molecule has 0 aliphatic heterocycles. The number of aromatic hydroxyl groups is 2. The maximum absolute atomic E-state index is 11.1. The topological polar surface area (TPSA) is 236 Å². The van der Waals surface area contributed by atoms with Gasteiger partial charge in [0.2, 0.25) is 0 Å². The van der Waals surface area contributed by atoms with Gasteiger partial charge < -0.3 is 10.2 Å². The molecule has 0 saturated carbocycles. The zero-order valence-corrected chi connectivity index (χ0v) is 25.6. The van der Waals surface area contributed by atoms with Gasteiger partial charge in [0.25, 0.3) is 11.4 Å². The molecule has 0 bridgehead atoms. The van der Waals surface area contributed by atoms with E-state index >= 15 is 0 Å². The number of nitrogens with zero attached hydrogens (tertiary/aromatic N) is 8. The SMILES string of the molecule is O=Cc1cc(N=Nc2ccc([N+](=O)[O-])cc2)c2cccnc2c1O.O=Cc1cc(N=Nc2ccc([N+](=O)[O-])cc2)c2cccnc2c1O.[Cu]. The molecule has 4 aromatic carbocycles. The Morgan fingerprint density at radius 1 is 0.592 bits per heavy atom. The van der Waals surface area contributed by atoms with Gasteiger partial charge in [-0.3, -0.25) is 39.8 Å². The zero-order chi connectivity index (χ0) is 34.2. The van der Waals surface area contributed by atoms with Gasteiger partial charge in [-0.25, -0.2) is 0 Å². The minimum absolute atomic E-state index is 0. The molecule has 0 saturated heterocycles. The van der Waals surface area contributed by atoms with E-state index < -0.39 is 9.85 Å². The summed E-state index contributed by atoms with van der Waals surface area (Å²) in [6, 6.07) is 20.7. The molecule has 2 aromatic heterocycles. The van der Waals surface area contributed by atoms with E-state index in [1.165, 1.54) is 73.1 Å². The minimum Gasteiger partial charge on any atom is -0.505 e. The van der Waals surface area contributed by atoms with E-state index in [-0.39, 0.29) is 62.1 Å². The summed E-state index contributed by atoms with van der Waals surface area (Å²) in [5.74, 6) is -0.426. The fourth-order valence-corrected chi connectivity index (χ4v) is 4.31. The molecule has 0 amide bonds. The van der Waals surface area contributed by atoms with Crippen LogP contribution in [-0.4, -0.2) is 42.6 Å². The average Bonchev–Trinajstić information content (AvgIpc) is 3.12. The van der Waals surface area contributed by atoms with Crippen molar-refractivity contribution in [2.45, 2.75) is 0 Å². The van der Waals surface area contributed by atoms with E-state index in [9.17, 15) is 40.0 Å². The first-order valence-corrected chi connectivity index (χ1v) is 13.6. The van der Waals surface area contributed by atoms with Crippen molar-refractivity contribution in [1.29, 1.82) is 0 Å². The molecule has 0 spiro atoms. The van der Waals surface area contributed by atoms with Crippen molar-refractivity contribution in [3.05, 3.63) is 129 Å². The molecule has 6 rings (SSSR count). The van der Waals surface area contributed by atoms with Gasteiger partial charge in [0.05, 0.1) is 43.7 Å². The van der Waals surface area contributed by atoms with Crippen LogP contribution >= 0.6 is 0 Å². The number of non-ortho nitro benzene ring substituents is 2. The van der Waals surface area contributed by atoms with Crippen LogP contribution in [0.5, 0.6) is 11.5 Å². The van der Waals surface area contributed by atoms with Crippen LogP contribution in [0.4, 0.5) is 34.1 Å². The van der Waals surface area contributed by atoms with Gasteiger partial charge in [0.15, 0.2) is 24.1 Å². The molecule has 1 radical (unpaired) electrons. The van der Waals surface area contributed by atoms with Gasteiger partial charge in [0, 0.05) is 64.5 Å².